The number of carbonyl (C=O) groups is 1. The lowest BCUT2D eigenvalue weighted by Gasteiger charge is -2.31. The molecule has 0 radical (unpaired) electrons. The highest BCUT2D eigenvalue weighted by atomic mass is 16.5. The molecule has 2 aromatic carbocycles. The number of rotatable bonds is 5. The van der Waals surface area contributed by atoms with Crippen LogP contribution in [0.2, 0.25) is 0 Å². The lowest BCUT2D eigenvalue weighted by atomic mass is 9.87. The summed E-state index contributed by atoms with van der Waals surface area (Å²) in [7, 11) is 0. The molecule has 0 bridgehead atoms. The summed E-state index contributed by atoms with van der Waals surface area (Å²) in [5.74, 6) is 1.91. The van der Waals surface area contributed by atoms with Crippen molar-refractivity contribution >= 4 is 5.91 Å². The zero-order valence-corrected chi connectivity index (χ0v) is 16.1. The highest BCUT2D eigenvalue weighted by Crippen LogP contribution is 2.31. The molecule has 0 unspecified atom stereocenters. The summed E-state index contributed by atoms with van der Waals surface area (Å²) in [5, 5.41) is 3.89. The van der Waals surface area contributed by atoms with Crippen LogP contribution in [0.5, 0.6) is 0 Å². The first kappa shape index (κ1) is 18.4. The number of hydrogen-bond donors (Lipinski definition) is 0. The third kappa shape index (κ3) is 4.14. The molecule has 0 N–H and O–H groups in total. The number of hydrogen-bond acceptors (Lipinski definition) is 4. The minimum Gasteiger partial charge on any atom is -0.343 e. The van der Waals surface area contributed by atoms with E-state index in [0.717, 1.165) is 25.9 Å². The van der Waals surface area contributed by atoms with E-state index in [9.17, 15) is 4.79 Å². The van der Waals surface area contributed by atoms with Gasteiger partial charge in [-0.25, -0.2) is 0 Å². The second kappa shape index (κ2) is 8.38. The van der Waals surface area contributed by atoms with Crippen LogP contribution in [0.3, 0.4) is 0 Å². The number of nitrogens with zero attached hydrogens (tertiary/aromatic N) is 3. The van der Waals surface area contributed by atoms with Gasteiger partial charge in [-0.05, 0) is 30.9 Å². The molecule has 1 fully saturated rings. The fourth-order valence-corrected chi connectivity index (χ4v) is 3.96. The van der Waals surface area contributed by atoms with Crippen LogP contribution < -0.4 is 0 Å². The Morgan fingerprint density at radius 1 is 1.04 bits per heavy atom. The highest BCUT2D eigenvalue weighted by molar-refractivity contribution is 5.78. The Labute approximate surface area is 165 Å². The summed E-state index contributed by atoms with van der Waals surface area (Å²) in [6.45, 7) is 3.31. The molecule has 1 amide bonds. The fourth-order valence-electron chi connectivity index (χ4n) is 3.96. The minimum absolute atomic E-state index is 0.0752. The first-order valence-electron chi connectivity index (χ1n) is 9.88. The lowest BCUT2D eigenvalue weighted by Crippen LogP contribution is -2.38. The van der Waals surface area contributed by atoms with Crippen LogP contribution in [0, 0.1) is 6.92 Å². The minimum atomic E-state index is 0.0752. The first-order valence-corrected chi connectivity index (χ1v) is 9.88. The molecular weight excluding hydrogens is 350 g/mol. The summed E-state index contributed by atoms with van der Waals surface area (Å²) in [5.41, 5.74) is 2.36. The summed E-state index contributed by atoms with van der Waals surface area (Å²) < 4.78 is 5.32. The average molecular weight is 375 g/mol. The van der Waals surface area contributed by atoms with Crippen molar-refractivity contribution in [1.29, 1.82) is 0 Å². The molecule has 3 aromatic rings. The molecule has 0 atom stereocenters. The van der Waals surface area contributed by atoms with Gasteiger partial charge >= 0.3 is 0 Å². The molecule has 1 aliphatic heterocycles. The van der Waals surface area contributed by atoms with E-state index in [1.165, 1.54) is 11.1 Å². The molecule has 1 aliphatic rings. The predicted molar refractivity (Wildman–Crippen MR) is 107 cm³/mol. The van der Waals surface area contributed by atoms with Gasteiger partial charge in [0.05, 0.1) is 0 Å². The molecule has 0 saturated carbocycles. The molecule has 28 heavy (non-hydrogen) atoms. The van der Waals surface area contributed by atoms with E-state index in [-0.39, 0.29) is 17.7 Å². The topological polar surface area (TPSA) is 59.2 Å². The lowest BCUT2D eigenvalue weighted by molar-refractivity contribution is -0.132. The molecule has 144 valence electrons. The second-order valence-corrected chi connectivity index (χ2v) is 7.41. The molecule has 1 saturated heterocycles. The van der Waals surface area contributed by atoms with Gasteiger partial charge in [-0.2, -0.15) is 4.98 Å². The van der Waals surface area contributed by atoms with Crippen molar-refractivity contribution in [2.45, 2.75) is 38.0 Å². The van der Waals surface area contributed by atoms with Crippen molar-refractivity contribution in [2.24, 2.45) is 0 Å². The Balaban J connectivity index is 1.44. The maximum absolute atomic E-state index is 13.1. The Morgan fingerprint density at radius 2 is 1.61 bits per heavy atom. The van der Waals surface area contributed by atoms with E-state index in [4.69, 9.17) is 4.52 Å². The van der Waals surface area contributed by atoms with Gasteiger partial charge in [-0.3, -0.25) is 4.79 Å². The highest BCUT2D eigenvalue weighted by Gasteiger charge is 2.29. The number of amides is 1. The summed E-state index contributed by atoms with van der Waals surface area (Å²) >= 11 is 0. The van der Waals surface area contributed by atoms with Crippen molar-refractivity contribution in [3.8, 4) is 0 Å². The Bertz CT molecular complexity index is 860. The van der Waals surface area contributed by atoms with E-state index in [2.05, 4.69) is 34.4 Å². The summed E-state index contributed by atoms with van der Waals surface area (Å²) in [6, 6.07) is 20.6. The van der Waals surface area contributed by atoms with Gasteiger partial charge in [-0.1, -0.05) is 65.8 Å². The third-order valence-electron chi connectivity index (χ3n) is 5.52. The van der Waals surface area contributed by atoms with Crippen LogP contribution in [-0.2, 0) is 4.79 Å². The number of piperidine rings is 1. The van der Waals surface area contributed by atoms with Gasteiger partial charge in [0, 0.05) is 31.3 Å². The van der Waals surface area contributed by atoms with Gasteiger partial charge in [0.1, 0.15) is 0 Å². The van der Waals surface area contributed by atoms with Crippen molar-refractivity contribution in [1.82, 2.24) is 15.0 Å². The molecule has 4 rings (SSSR count). The molecule has 1 aromatic heterocycles. The Morgan fingerprint density at radius 3 is 2.11 bits per heavy atom. The fraction of sp³-hybridized carbons (Fsp3) is 0.348. The van der Waals surface area contributed by atoms with E-state index >= 15 is 0 Å². The molecular formula is C23H25N3O2. The van der Waals surface area contributed by atoms with E-state index in [0.29, 0.717) is 18.1 Å². The molecule has 0 spiro atoms. The van der Waals surface area contributed by atoms with Crippen LogP contribution in [-0.4, -0.2) is 34.0 Å². The normalized spacial score (nSPS) is 15.1. The molecule has 2 heterocycles. The molecule has 5 nitrogen and oxygen atoms in total. The van der Waals surface area contributed by atoms with Gasteiger partial charge in [-0.15, -0.1) is 0 Å². The van der Waals surface area contributed by atoms with Crippen LogP contribution >= 0.6 is 0 Å². The van der Waals surface area contributed by atoms with Gasteiger partial charge in [0.2, 0.25) is 11.8 Å². The first-order chi connectivity index (χ1) is 13.7. The monoisotopic (exact) mass is 375 g/mol. The summed E-state index contributed by atoms with van der Waals surface area (Å²) in [4.78, 5) is 19.4. The van der Waals surface area contributed by atoms with Crippen molar-refractivity contribution in [3.63, 3.8) is 0 Å². The zero-order chi connectivity index (χ0) is 19.3. The summed E-state index contributed by atoms with van der Waals surface area (Å²) in [6.07, 6.45) is 2.22. The van der Waals surface area contributed by atoms with Crippen LogP contribution in [0.15, 0.2) is 65.2 Å². The SMILES string of the molecule is Cc1noc(C2CCN(C(=O)CC(c3ccccc3)c3ccccc3)CC2)n1. The number of aromatic nitrogens is 2. The van der Waals surface area contributed by atoms with Crippen LogP contribution in [0.25, 0.3) is 0 Å². The van der Waals surface area contributed by atoms with Gasteiger partial charge < -0.3 is 9.42 Å². The molecule has 5 heteroatoms. The average Bonchev–Trinajstić information content (AvgIpc) is 3.19. The Hall–Kier alpha value is -2.95. The number of aryl methyl sites for hydroxylation is 1. The second-order valence-electron chi connectivity index (χ2n) is 7.41. The smallest absolute Gasteiger partial charge is 0.229 e. The maximum Gasteiger partial charge on any atom is 0.229 e. The largest absolute Gasteiger partial charge is 0.343 e. The number of carbonyl (C=O) groups excluding carboxylic acids is 1. The predicted octanol–water partition coefficient (Wildman–Crippen LogP) is 4.31. The van der Waals surface area contributed by atoms with Crippen LogP contribution in [0.4, 0.5) is 0 Å². The quantitative estimate of drug-likeness (QED) is 0.667. The third-order valence-corrected chi connectivity index (χ3v) is 5.52. The van der Waals surface area contributed by atoms with E-state index in [1.54, 1.807) is 0 Å². The molecule has 0 aliphatic carbocycles. The van der Waals surface area contributed by atoms with Crippen molar-refractivity contribution in [2.75, 3.05) is 13.1 Å². The van der Waals surface area contributed by atoms with E-state index in [1.807, 2.05) is 48.2 Å². The van der Waals surface area contributed by atoms with Crippen molar-refractivity contribution < 1.29 is 9.32 Å². The zero-order valence-electron chi connectivity index (χ0n) is 16.1. The maximum atomic E-state index is 13.1. The van der Waals surface area contributed by atoms with Gasteiger partial charge in [0.15, 0.2) is 5.82 Å². The van der Waals surface area contributed by atoms with Crippen molar-refractivity contribution in [3.05, 3.63) is 83.5 Å². The Kier molecular flexibility index (Phi) is 5.51. The van der Waals surface area contributed by atoms with E-state index < -0.39 is 0 Å². The number of likely N-dealkylation sites (tertiary alicyclic amines) is 1. The number of benzene rings is 2. The van der Waals surface area contributed by atoms with Crippen LogP contribution in [0.1, 0.15) is 53.9 Å². The van der Waals surface area contributed by atoms with Gasteiger partial charge in [0.25, 0.3) is 0 Å². The standard InChI is InChI=1S/C23H25N3O2/c1-17-24-23(28-25-17)20-12-14-26(15-13-20)22(27)16-21(18-8-4-2-5-9-18)19-10-6-3-7-11-19/h2-11,20-21H,12-16H2,1H3.